The van der Waals surface area contributed by atoms with Gasteiger partial charge in [-0.15, -0.1) is 0 Å². The van der Waals surface area contributed by atoms with Crippen LogP contribution in [0.1, 0.15) is 40.0 Å². The van der Waals surface area contributed by atoms with E-state index in [-0.39, 0.29) is 11.1 Å². The molecule has 88 valence electrons. The summed E-state index contributed by atoms with van der Waals surface area (Å²) in [6, 6.07) is 0. The molecule has 0 aromatic heterocycles. The zero-order valence-corrected chi connectivity index (χ0v) is 10.1. The maximum atomic E-state index is 13.4. The standard InChI is InChI=1S/C12H22FNO/c1-11(2,3)15-9-12-5-4-6-14(12)8-10(13)7-12/h10H,4-9H2,1-3H3/t10?,12-/m0/s1. The zero-order valence-electron chi connectivity index (χ0n) is 10.1. The van der Waals surface area contributed by atoms with Crippen LogP contribution in [0.4, 0.5) is 4.39 Å². The van der Waals surface area contributed by atoms with Crippen molar-refractivity contribution in [2.75, 3.05) is 19.7 Å². The van der Waals surface area contributed by atoms with Crippen LogP contribution in [-0.4, -0.2) is 41.9 Å². The Bertz CT molecular complexity index is 238. The summed E-state index contributed by atoms with van der Waals surface area (Å²) in [6.07, 6.45) is 2.32. The number of ether oxygens (including phenoxy) is 1. The third-order valence-electron chi connectivity index (χ3n) is 3.53. The largest absolute Gasteiger partial charge is 0.374 e. The highest BCUT2D eigenvalue weighted by Crippen LogP contribution is 2.40. The van der Waals surface area contributed by atoms with Gasteiger partial charge in [-0.2, -0.15) is 0 Å². The second-order valence-corrected chi connectivity index (χ2v) is 5.98. The summed E-state index contributed by atoms with van der Waals surface area (Å²) < 4.78 is 19.3. The van der Waals surface area contributed by atoms with Crippen molar-refractivity contribution in [2.45, 2.75) is 57.3 Å². The average Bonchev–Trinajstić information content (AvgIpc) is 2.55. The van der Waals surface area contributed by atoms with E-state index in [9.17, 15) is 4.39 Å². The molecule has 2 aliphatic heterocycles. The summed E-state index contributed by atoms with van der Waals surface area (Å²) in [4.78, 5) is 2.30. The molecule has 2 rings (SSSR count). The topological polar surface area (TPSA) is 12.5 Å². The van der Waals surface area contributed by atoms with E-state index in [4.69, 9.17) is 4.74 Å². The van der Waals surface area contributed by atoms with Crippen molar-refractivity contribution < 1.29 is 9.13 Å². The van der Waals surface area contributed by atoms with Crippen LogP contribution in [0.15, 0.2) is 0 Å². The van der Waals surface area contributed by atoms with Crippen molar-refractivity contribution in [2.24, 2.45) is 0 Å². The molecule has 0 aromatic carbocycles. The zero-order chi connectivity index (χ0) is 11.1. The molecule has 0 radical (unpaired) electrons. The fourth-order valence-corrected chi connectivity index (χ4v) is 2.80. The molecule has 2 fully saturated rings. The molecule has 0 spiro atoms. The molecule has 2 nitrogen and oxygen atoms in total. The normalized spacial score (nSPS) is 37.2. The van der Waals surface area contributed by atoms with Gasteiger partial charge < -0.3 is 4.74 Å². The smallest absolute Gasteiger partial charge is 0.115 e. The summed E-state index contributed by atoms with van der Waals surface area (Å²) in [5, 5.41) is 0. The molecule has 0 N–H and O–H groups in total. The Kier molecular flexibility index (Phi) is 2.80. The van der Waals surface area contributed by atoms with Gasteiger partial charge in [0, 0.05) is 18.5 Å². The third-order valence-corrected chi connectivity index (χ3v) is 3.53. The molecule has 0 bridgehead atoms. The van der Waals surface area contributed by atoms with Crippen LogP contribution in [0.25, 0.3) is 0 Å². The molecular weight excluding hydrogens is 193 g/mol. The van der Waals surface area contributed by atoms with Gasteiger partial charge in [-0.05, 0) is 40.2 Å². The highest BCUT2D eigenvalue weighted by Gasteiger charge is 2.49. The van der Waals surface area contributed by atoms with E-state index in [1.165, 1.54) is 6.42 Å². The fourth-order valence-electron chi connectivity index (χ4n) is 2.80. The lowest BCUT2D eigenvalue weighted by Gasteiger charge is -2.34. The minimum absolute atomic E-state index is 0.0205. The monoisotopic (exact) mass is 215 g/mol. The minimum Gasteiger partial charge on any atom is -0.374 e. The van der Waals surface area contributed by atoms with Crippen LogP contribution in [0.5, 0.6) is 0 Å². The lowest BCUT2D eigenvalue weighted by atomic mass is 9.94. The van der Waals surface area contributed by atoms with Crippen molar-refractivity contribution in [3.63, 3.8) is 0 Å². The van der Waals surface area contributed by atoms with Crippen LogP contribution < -0.4 is 0 Å². The third kappa shape index (κ3) is 2.34. The number of rotatable bonds is 2. The van der Waals surface area contributed by atoms with Gasteiger partial charge >= 0.3 is 0 Å². The average molecular weight is 215 g/mol. The summed E-state index contributed by atoms with van der Waals surface area (Å²) in [5.74, 6) is 0. The Balaban J connectivity index is 1.99. The lowest BCUT2D eigenvalue weighted by molar-refractivity contribution is -0.0525. The summed E-state index contributed by atoms with van der Waals surface area (Å²) in [7, 11) is 0. The Morgan fingerprint density at radius 1 is 1.47 bits per heavy atom. The molecule has 0 aromatic rings. The van der Waals surface area contributed by atoms with E-state index < -0.39 is 6.17 Å². The van der Waals surface area contributed by atoms with Crippen molar-refractivity contribution in [1.29, 1.82) is 0 Å². The Hall–Kier alpha value is -0.150. The highest BCUT2D eigenvalue weighted by atomic mass is 19.1. The molecule has 3 heteroatoms. The van der Waals surface area contributed by atoms with Gasteiger partial charge in [0.15, 0.2) is 0 Å². The first kappa shape index (κ1) is 11.3. The Morgan fingerprint density at radius 3 is 2.87 bits per heavy atom. The number of halogens is 1. The van der Waals surface area contributed by atoms with Crippen molar-refractivity contribution in [3.05, 3.63) is 0 Å². The lowest BCUT2D eigenvalue weighted by Crippen LogP contribution is -2.44. The number of hydrogen-bond donors (Lipinski definition) is 0. The van der Waals surface area contributed by atoms with Gasteiger partial charge in [0.25, 0.3) is 0 Å². The van der Waals surface area contributed by atoms with Crippen molar-refractivity contribution in [1.82, 2.24) is 4.90 Å². The van der Waals surface area contributed by atoms with E-state index in [1.54, 1.807) is 0 Å². The van der Waals surface area contributed by atoms with E-state index >= 15 is 0 Å². The second kappa shape index (κ2) is 3.70. The van der Waals surface area contributed by atoms with Gasteiger partial charge in [-0.25, -0.2) is 4.39 Å². The SMILES string of the molecule is CC(C)(C)OC[C@@]12CCCN1CC(F)C2. The van der Waals surface area contributed by atoms with Crippen LogP contribution in [0.2, 0.25) is 0 Å². The molecule has 0 aliphatic carbocycles. The van der Waals surface area contributed by atoms with Gasteiger partial charge in [0.05, 0.1) is 12.2 Å². The Labute approximate surface area is 91.8 Å². The summed E-state index contributed by atoms with van der Waals surface area (Å²) in [6.45, 7) is 8.54. The van der Waals surface area contributed by atoms with E-state index in [0.717, 1.165) is 13.0 Å². The first-order valence-corrected chi connectivity index (χ1v) is 5.94. The molecule has 1 unspecified atom stereocenters. The van der Waals surface area contributed by atoms with Crippen LogP contribution >= 0.6 is 0 Å². The minimum atomic E-state index is -0.645. The predicted octanol–water partition coefficient (Wildman–Crippen LogP) is 2.38. The van der Waals surface area contributed by atoms with Crippen molar-refractivity contribution in [3.8, 4) is 0 Å². The molecule has 15 heavy (non-hydrogen) atoms. The first-order valence-electron chi connectivity index (χ1n) is 5.94. The maximum absolute atomic E-state index is 13.4. The van der Waals surface area contributed by atoms with E-state index in [0.29, 0.717) is 19.6 Å². The van der Waals surface area contributed by atoms with Gasteiger partial charge in [0.1, 0.15) is 6.17 Å². The number of fused-ring (bicyclic) bond motifs is 1. The van der Waals surface area contributed by atoms with Gasteiger partial charge in [-0.3, -0.25) is 4.90 Å². The number of hydrogen-bond acceptors (Lipinski definition) is 2. The van der Waals surface area contributed by atoms with E-state index in [2.05, 4.69) is 25.7 Å². The van der Waals surface area contributed by atoms with Crippen LogP contribution in [0.3, 0.4) is 0 Å². The molecular formula is C12H22FNO. The summed E-state index contributed by atoms with van der Waals surface area (Å²) >= 11 is 0. The van der Waals surface area contributed by atoms with Crippen LogP contribution in [-0.2, 0) is 4.74 Å². The molecule has 0 amide bonds. The number of nitrogens with zero attached hydrogens (tertiary/aromatic N) is 1. The number of alkyl halides is 1. The van der Waals surface area contributed by atoms with E-state index in [1.807, 2.05) is 0 Å². The van der Waals surface area contributed by atoms with Crippen molar-refractivity contribution >= 4 is 0 Å². The quantitative estimate of drug-likeness (QED) is 0.701. The summed E-state index contributed by atoms with van der Waals surface area (Å²) in [5.41, 5.74) is -0.0931. The molecule has 2 aliphatic rings. The first-order chi connectivity index (χ1) is 6.91. The second-order valence-electron chi connectivity index (χ2n) is 5.98. The highest BCUT2D eigenvalue weighted by molar-refractivity contribution is 5.03. The van der Waals surface area contributed by atoms with Crippen LogP contribution in [0, 0.1) is 0 Å². The molecule has 0 saturated carbocycles. The van der Waals surface area contributed by atoms with Gasteiger partial charge in [-0.1, -0.05) is 0 Å². The molecule has 2 saturated heterocycles. The van der Waals surface area contributed by atoms with Gasteiger partial charge in [0.2, 0.25) is 0 Å². The maximum Gasteiger partial charge on any atom is 0.115 e. The Morgan fingerprint density at radius 2 is 2.20 bits per heavy atom. The molecule has 2 atom stereocenters. The predicted molar refractivity (Wildman–Crippen MR) is 58.8 cm³/mol. The fraction of sp³-hybridized carbons (Fsp3) is 1.00. The molecule has 2 heterocycles.